The predicted molar refractivity (Wildman–Crippen MR) is 53.5 cm³/mol. The van der Waals surface area contributed by atoms with E-state index in [4.69, 9.17) is 5.26 Å². The molecule has 1 aliphatic heterocycles. The van der Waals surface area contributed by atoms with Gasteiger partial charge in [-0.25, -0.2) is 0 Å². The number of amides is 1. The molecule has 1 rings (SSSR count). The highest BCUT2D eigenvalue weighted by atomic mass is 16.2. The van der Waals surface area contributed by atoms with E-state index >= 15 is 0 Å². The molecule has 1 heterocycles. The van der Waals surface area contributed by atoms with Gasteiger partial charge < -0.3 is 10.2 Å². The van der Waals surface area contributed by atoms with Gasteiger partial charge in [0.25, 0.3) is 0 Å². The van der Waals surface area contributed by atoms with E-state index in [2.05, 4.69) is 18.3 Å². The van der Waals surface area contributed by atoms with Gasteiger partial charge in [0.15, 0.2) is 0 Å². The average Bonchev–Trinajstić information content (AvgIpc) is 2.29. The molecule has 0 aromatic heterocycles. The number of likely N-dealkylation sites (N-methyl/N-ethyl adjacent to an activating group) is 1. The van der Waals surface area contributed by atoms with Crippen molar-refractivity contribution in [1.82, 2.24) is 10.2 Å². The molecule has 1 saturated heterocycles. The maximum absolute atomic E-state index is 11.8. The fourth-order valence-corrected chi connectivity index (χ4v) is 1.73. The molecule has 1 aliphatic rings. The van der Waals surface area contributed by atoms with Crippen molar-refractivity contribution in [3.05, 3.63) is 0 Å². The van der Waals surface area contributed by atoms with E-state index in [0.717, 1.165) is 19.5 Å². The maximum atomic E-state index is 11.8. The average molecular weight is 195 g/mol. The van der Waals surface area contributed by atoms with Gasteiger partial charge in [-0.1, -0.05) is 0 Å². The normalized spacial score (nSPS) is 28.4. The summed E-state index contributed by atoms with van der Waals surface area (Å²) in [5.74, 6) is 0.0680. The molecule has 1 fully saturated rings. The van der Waals surface area contributed by atoms with Crippen LogP contribution in [0, 0.1) is 11.3 Å². The van der Waals surface area contributed by atoms with Gasteiger partial charge in [0, 0.05) is 19.1 Å². The molecule has 0 radical (unpaired) electrons. The summed E-state index contributed by atoms with van der Waals surface area (Å²) in [7, 11) is 0. The number of nitrogens with zero attached hydrogens (tertiary/aromatic N) is 2. The van der Waals surface area contributed by atoms with Crippen molar-refractivity contribution >= 4 is 5.91 Å². The second kappa shape index (κ2) is 4.97. The van der Waals surface area contributed by atoms with Gasteiger partial charge in [0.1, 0.15) is 6.04 Å². The van der Waals surface area contributed by atoms with E-state index in [0.29, 0.717) is 6.04 Å². The minimum absolute atomic E-state index is 0.0680. The summed E-state index contributed by atoms with van der Waals surface area (Å²) in [6.07, 6.45) is 1.22. The molecule has 4 heteroatoms. The summed E-state index contributed by atoms with van der Waals surface area (Å²) in [6, 6.07) is 2.06. The molecule has 0 aromatic rings. The van der Waals surface area contributed by atoms with Gasteiger partial charge in [0.05, 0.1) is 12.5 Å². The zero-order valence-electron chi connectivity index (χ0n) is 8.79. The number of nitrogens with one attached hydrogen (secondary N) is 1. The minimum Gasteiger partial charge on any atom is -0.342 e. The number of carbonyl (C=O) groups is 1. The van der Waals surface area contributed by atoms with E-state index in [9.17, 15) is 4.79 Å². The Balaban J connectivity index is 2.71. The second-order valence-corrected chi connectivity index (χ2v) is 3.69. The van der Waals surface area contributed by atoms with Crippen LogP contribution in [0.1, 0.15) is 26.7 Å². The molecule has 0 saturated carbocycles. The van der Waals surface area contributed by atoms with Crippen LogP contribution in [-0.4, -0.2) is 36.0 Å². The Bertz CT molecular complexity index is 246. The Morgan fingerprint density at radius 3 is 3.00 bits per heavy atom. The molecular weight excluding hydrogens is 178 g/mol. The minimum atomic E-state index is -0.308. The number of nitriles is 1. The molecule has 0 spiro atoms. The van der Waals surface area contributed by atoms with Crippen LogP contribution >= 0.6 is 0 Å². The lowest BCUT2D eigenvalue weighted by Crippen LogP contribution is -2.44. The Hall–Kier alpha value is -1.08. The molecule has 2 unspecified atom stereocenters. The molecule has 78 valence electrons. The second-order valence-electron chi connectivity index (χ2n) is 3.69. The summed E-state index contributed by atoms with van der Waals surface area (Å²) >= 11 is 0. The molecule has 0 aromatic carbocycles. The fraction of sp³-hybridized carbons (Fsp3) is 0.800. The number of hydrogen-bond acceptors (Lipinski definition) is 3. The summed E-state index contributed by atoms with van der Waals surface area (Å²) in [4.78, 5) is 13.6. The van der Waals surface area contributed by atoms with Crippen LogP contribution < -0.4 is 5.32 Å². The smallest absolute Gasteiger partial charge is 0.240 e. The van der Waals surface area contributed by atoms with Crippen LogP contribution in [0.3, 0.4) is 0 Å². The van der Waals surface area contributed by atoms with Crippen LogP contribution in [0.25, 0.3) is 0 Å². The van der Waals surface area contributed by atoms with E-state index in [-0.39, 0.29) is 18.4 Å². The van der Waals surface area contributed by atoms with E-state index < -0.39 is 0 Å². The van der Waals surface area contributed by atoms with Gasteiger partial charge in [-0.15, -0.1) is 0 Å². The molecule has 0 bridgehead atoms. The third-order valence-electron chi connectivity index (χ3n) is 2.60. The first-order valence-electron chi connectivity index (χ1n) is 5.10. The monoisotopic (exact) mass is 195 g/mol. The van der Waals surface area contributed by atoms with Gasteiger partial charge in [-0.05, 0) is 20.3 Å². The van der Waals surface area contributed by atoms with Gasteiger partial charge in [-0.3, -0.25) is 4.79 Å². The van der Waals surface area contributed by atoms with Gasteiger partial charge in [0.2, 0.25) is 5.91 Å². The number of carbonyl (C=O) groups excluding carboxylic acids is 1. The molecule has 1 N–H and O–H groups in total. The molecule has 1 amide bonds. The number of hydrogen-bond donors (Lipinski definition) is 1. The van der Waals surface area contributed by atoms with E-state index in [1.54, 1.807) is 0 Å². The SMILES string of the molecule is CCN1CCC(C)NC(CC#N)C1=O. The van der Waals surface area contributed by atoms with Gasteiger partial charge in [-0.2, -0.15) is 5.26 Å². The van der Waals surface area contributed by atoms with Crippen molar-refractivity contribution in [3.63, 3.8) is 0 Å². The lowest BCUT2D eigenvalue weighted by Gasteiger charge is -2.21. The Kier molecular flexibility index (Phi) is 3.90. The fourth-order valence-electron chi connectivity index (χ4n) is 1.73. The summed E-state index contributed by atoms with van der Waals surface area (Å²) in [5.41, 5.74) is 0. The van der Waals surface area contributed by atoms with Crippen molar-refractivity contribution in [2.75, 3.05) is 13.1 Å². The summed E-state index contributed by atoms with van der Waals surface area (Å²) in [5, 5.41) is 11.8. The highest BCUT2D eigenvalue weighted by molar-refractivity contribution is 5.82. The van der Waals surface area contributed by atoms with Crippen molar-refractivity contribution < 1.29 is 4.79 Å². The standard InChI is InChI=1S/C10H17N3O/c1-3-13-7-5-8(2)12-9(4-6-11)10(13)14/h8-9,12H,3-5,7H2,1-2H3. The quantitative estimate of drug-likeness (QED) is 0.698. The maximum Gasteiger partial charge on any atom is 0.240 e. The number of rotatable bonds is 2. The summed E-state index contributed by atoms with van der Waals surface area (Å²) < 4.78 is 0. The Morgan fingerprint density at radius 2 is 2.43 bits per heavy atom. The molecule has 4 nitrogen and oxygen atoms in total. The van der Waals surface area contributed by atoms with Crippen LogP contribution in [0.2, 0.25) is 0 Å². The highest BCUT2D eigenvalue weighted by Gasteiger charge is 2.27. The van der Waals surface area contributed by atoms with E-state index in [1.807, 2.05) is 11.8 Å². The van der Waals surface area contributed by atoms with Crippen LogP contribution in [0.5, 0.6) is 0 Å². The van der Waals surface area contributed by atoms with Crippen molar-refractivity contribution in [2.24, 2.45) is 0 Å². The topological polar surface area (TPSA) is 56.1 Å². The Morgan fingerprint density at radius 1 is 1.71 bits per heavy atom. The third kappa shape index (κ3) is 2.46. The largest absolute Gasteiger partial charge is 0.342 e. The zero-order valence-corrected chi connectivity index (χ0v) is 8.79. The van der Waals surface area contributed by atoms with Crippen LogP contribution in [0.4, 0.5) is 0 Å². The van der Waals surface area contributed by atoms with Crippen molar-refractivity contribution in [2.45, 2.75) is 38.8 Å². The molecule has 2 atom stereocenters. The first-order chi connectivity index (χ1) is 6.69. The highest BCUT2D eigenvalue weighted by Crippen LogP contribution is 2.08. The lowest BCUT2D eigenvalue weighted by atomic mass is 10.2. The molecular formula is C10H17N3O. The van der Waals surface area contributed by atoms with Crippen molar-refractivity contribution in [3.8, 4) is 6.07 Å². The molecule has 0 aliphatic carbocycles. The first kappa shape index (κ1) is 11.0. The van der Waals surface area contributed by atoms with Crippen molar-refractivity contribution in [1.29, 1.82) is 5.26 Å². The Labute approximate surface area is 84.9 Å². The van der Waals surface area contributed by atoms with Crippen LogP contribution in [-0.2, 0) is 4.79 Å². The first-order valence-corrected chi connectivity index (χ1v) is 5.10. The molecule has 14 heavy (non-hydrogen) atoms. The zero-order chi connectivity index (χ0) is 10.6. The van der Waals surface area contributed by atoms with E-state index in [1.165, 1.54) is 0 Å². The lowest BCUT2D eigenvalue weighted by molar-refractivity contribution is -0.132. The summed E-state index contributed by atoms with van der Waals surface area (Å²) in [6.45, 7) is 5.55. The third-order valence-corrected chi connectivity index (χ3v) is 2.60. The van der Waals surface area contributed by atoms with Crippen LogP contribution in [0.15, 0.2) is 0 Å². The van der Waals surface area contributed by atoms with Gasteiger partial charge >= 0.3 is 0 Å². The predicted octanol–water partition coefficient (Wildman–Crippen LogP) is 0.499.